The van der Waals surface area contributed by atoms with Crippen LogP contribution in [-0.2, 0) is 4.79 Å². The van der Waals surface area contributed by atoms with Crippen LogP contribution in [0, 0.1) is 5.92 Å². The minimum atomic E-state index is -0.0216. The summed E-state index contributed by atoms with van der Waals surface area (Å²) >= 11 is 0. The molecule has 0 aromatic heterocycles. The Morgan fingerprint density at radius 3 is 2.30 bits per heavy atom. The van der Waals surface area contributed by atoms with Crippen LogP contribution in [0.25, 0.3) is 0 Å². The van der Waals surface area contributed by atoms with Crippen molar-refractivity contribution in [2.24, 2.45) is 5.92 Å². The van der Waals surface area contributed by atoms with Crippen LogP contribution in [0.5, 0.6) is 0 Å². The van der Waals surface area contributed by atoms with Crippen LogP contribution in [0.15, 0.2) is 24.3 Å². The van der Waals surface area contributed by atoms with Crippen LogP contribution < -0.4 is 5.32 Å². The van der Waals surface area contributed by atoms with Crippen molar-refractivity contribution >= 4 is 11.7 Å². The molecule has 0 radical (unpaired) electrons. The molecule has 1 fully saturated rings. The molecule has 0 heterocycles. The Hall–Kier alpha value is -1.64. The Bertz CT molecular complexity index is 470. The van der Waals surface area contributed by atoms with E-state index in [1.807, 2.05) is 24.3 Å². The highest BCUT2D eigenvalue weighted by Gasteiger charge is 2.22. The van der Waals surface area contributed by atoms with E-state index in [1.54, 1.807) is 0 Å². The normalized spacial score (nSPS) is 15.6. The van der Waals surface area contributed by atoms with Gasteiger partial charge in [0.15, 0.2) is 5.78 Å². The van der Waals surface area contributed by atoms with E-state index in [0.29, 0.717) is 11.5 Å². The molecule has 1 amide bonds. The third kappa shape index (κ3) is 3.69. The van der Waals surface area contributed by atoms with Crippen molar-refractivity contribution in [1.29, 1.82) is 0 Å². The summed E-state index contributed by atoms with van der Waals surface area (Å²) in [5.41, 5.74) is 1.89. The third-order valence-electron chi connectivity index (χ3n) is 4.05. The van der Waals surface area contributed by atoms with Crippen LogP contribution >= 0.6 is 0 Å². The molecule has 0 spiro atoms. The van der Waals surface area contributed by atoms with Crippen molar-refractivity contribution in [2.75, 3.05) is 6.54 Å². The average molecular weight is 273 g/mol. The number of hydrogen-bond acceptors (Lipinski definition) is 2. The number of ketones is 1. The highest BCUT2D eigenvalue weighted by atomic mass is 16.2. The summed E-state index contributed by atoms with van der Waals surface area (Å²) in [4.78, 5) is 23.9. The number of rotatable bonds is 5. The maximum Gasteiger partial charge on any atom is 0.223 e. The Labute approximate surface area is 120 Å². The number of benzene rings is 1. The van der Waals surface area contributed by atoms with E-state index in [2.05, 4.69) is 19.2 Å². The van der Waals surface area contributed by atoms with Crippen LogP contribution in [-0.4, -0.2) is 18.2 Å². The first-order valence-electron chi connectivity index (χ1n) is 7.49. The zero-order valence-electron chi connectivity index (χ0n) is 12.3. The number of Topliss-reactive ketones (excluding diaryl/α,β-unsaturated/α-hetero) is 1. The van der Waals surface area contributed by atoms with E-state index in [0.717, 1.165) is 25.7 Å². The van der Waals surface area contributed by atoms with E-state index in [-0.39, 0.29) is 24.2 Å². The Morgan fingerprint density at radius 2 is 1.75 bits per heavy atom. The lowest BCUT2D eigenvalue weighted by Gasteiger charge is -2.10. The summed E-state index contributed by atoms with van der Waals surface area (Å²) in [6.45, 7) is 4.35. The van der Waals surface area contributed by atoms with Crippen molar-refractivity contribution in [3.63, 3.8) is 0 Å². The predicted molar refractivity (Wildman–Crippen MR) is 79.8 cm³/mol. The second-order valence-electron chi connectivity index (χ2n) is 5.90. The van der Waals surface area contributed by atoms with E-state index < -0.39 is 0 Å². The maximum atomic E-state index is 12.0. The molecule has 3 heteroatoms. The summed E-state index contributed by atoms with van der Waals surface area (Å²) in [6.07, 6.45) is 4.18. The number of hydrogen-bond donors (Lipinski definition) is 1. The third-order valence-corrected chi connectivity index (χ3v) is 4.05. The van der Waals surface area contributed by atoms with Crippen LogP contribution in [0.1, 0.15) is 61.4 Å². The smallest absolute Gasteiger partial charge is 0.223 e. The van der Waals surface area contributed by atoms with Gasteiger partial charge in [0.2, 0.25) is 5.91 Å². The van der Waals surface area contributed by atoms with Crippen molar-refractivity contribution in [1.82, 2.24) is 5.32 Å². The first kappa shape index (κ1) is 14.8. The van der Waals surface area contributed by atoms with Crippen molar-refractivity contribution in [3.05, 3.63) is 35.4 Å². The molecule has 0 bridgehead atoms. The second kappa shape index (κ2) is 6.69. The highest BCUT2D eigenvalue weighted by molar-refractivity contribution is 5.99. The van der Waals surface area contributed by atoms with E-state index in [9.17, 15) is 9.59 Å². The van der Waals surface area contributed by atoms with Gasteiger partial charge in [-0.1, -0.05) is 51.0 Å². The van der Waals surface area contributed by atoms with Gasteiger partial charge in [-0.25, -0.2) is 0 Å². The minimum Gasteiger partial charge on any atom is -0.348 e. The molecule has 0 unspecified atom stereocenters. The second-order valence-corrected chi connectivity index (χ2v) is 5.90. The fraction of sp³-hybridized carbons (Fsp3) is 0.529. The minimum absolute atomic E-state index is 0.0216. The van der Waals surface area contributed by atoms with Gasteiger partial charge in [-0.2, -0.15) is 0 Å². The van der Waals surface area contributed by atoms with Gasteiger partial charge in [0, 0.05) is 11.5 Å². The molecular formula is C17H23NO2. The van der Waals surface area contributed by atoms with Gasteiger partial charge in [-0.05, 0) is 24.3 Å². The Balaban J connectivity index is 1.86. The number of nitrogens with one attached hydrogen (secondary N) is 1. The van der Waals surface area contributed by atoms with Gasteiger partial charge >= 0.3 is 0 Å². The topological polar surface area (TPSA) is 46.2 Å². The highest BCUT2D eigenvalue weighted by Crippen LogP contribution is 2.24. The number of carbonyl (C=O) groups excluding carboxylic acids is 2. The molecule has 0 saturated heterocycles. The molecule has 1 N–H and O–H groups in total. The van der Waals surface area contributed by atoms with Crippen LogP contribution in [0.2, 0.25) is 0 Å². The predicted octanol–water partition coefficient (Wildman–Crippen LogP) is 3.30. The lowest BCUT2D eigenvalue weighted by Crippen LogP contribution is -2.33. The van der Waals surface area contributed by atoms with Gasteiger partial charge in [0.1, 0.15) is 0 Å². The van der Waals surface area contributed by atoms with Crippen LogP contribution in [0.4, 0.5) is 0 Å². The monoisotopic (exact) mass is 273 g/mol. The van der Waals surface area contributed by atoms with Crippen molar-refractivity contribution in [2.45, 2.75) is 45.4 Å². The van der Waals surface area contributed by atoms with Gasteiger partial charge < -0.3 is 5.32 Å². The summed E-state index contributed by atoms with van der Waals surface area (Å²) in [6, 6.07) is 7.66. The lowest BCUT2D eigenvalue weighted by atomic mass is 10.0. The summed E-state index contributed by atoms with van der Waals surface area (Å²) < 4.78 is 0. The first-order chi connectivity index (χ1) is 9.58. The average Bonchev–Trinajstić information content (AvgIpc) is 2.98. The first-order valence-corrected chi connectivity index (χ1v) is 7.49. The molecule has 1 aliphatic rings. The molecule has 3 nitrogen and oxygen atoms in total. The Morgan fingerprint density at radius 1 is 1.15 bits per heavy atom. The van der Waals surface area contributed by atoms with E-state index >= 15 is 0 Å². The summed E-state index contributed by atoms with van der Waals surface area (Å²) in [7, 11) is 0. The van der Waals surface area contributed by atoms with Gasteiger partial charge in [0.05, 0.1) is 6.54 Å². The standard InChI is InChI=1S/C17H23NO2/c1-12(2)13-7-9-14(10-8-13)16(19)11-18-17(20)15-5-3-4-6-15/h7-10,12,15H,3-6,11H2,1-2H3,(H,18,20). The molecule has 0 aliphatic heterocycles. The zero-order valence-corrected chi connectivity index (χ0v) is 12.3. The number of amides is 1. The fourth-order valence-corrected chi connectivity index (χ4v) is 2.66. The molecular weight excluding hydrogens is 250 g/mol. The molecule has 2 rings (SSSR count). The summed E-state index contributed by atoms with van der Waals surface area (Å²) in [5, 5.41) is 2.77. The molecule has 1 aliphatic carbocycles. The van der Waals surface area contributed by atoms with Crippen LogP contribution in [0.3, 0.4) is 0 Å². The molecule has 0 atom stereocenters. The fourth-order valence-electron chi connectivity index (χ4n) is 2.66. The van der Waals surface area contributed by atoms with Gasteiger partial charge in [0.25, 0.3) is 0 Å². The number of carbonyl (C=O) groups is 2. The van der Waals surface area contributed by atoms with Gasteiger partial charge in [-0.3, -0.25) is 9.59 Å². The Kier molecular flexibility index (Phi) is 4.94. The van der Waals surface area contributed by atoms with Crippen molar-refractivity contribution < 1.29 is 9.59 Å². The zero-order chi connectivity index (χ0) is 14.5. The SMILES string of the molecule is CC(C)c1ccc(C(=O)CNC(=O)C2CCCC2)cc1. The van der Waals surface area contributed by atoms with Crippen molar-refractivity contribution in [3.8, 4) is 0 Å². The largest absolute Gasteiger partial charge is 0.348 e. The molecule has 108 valence electrons. The quantitative estimate of drug-likeness (QED) is 0.837. The van der Waals surface area contributed by atoms with Gasteiger partial charge in [-0.15, -0.1) is 0 Å². The molecule has 20 heavy (non-hydrogen) atoms. The van der Waals surface area contributed by atoms with E-state index in [1.165, 1.54) is 5.56 Å². The summed E-state index contributed by atoms with van der Waals surface area (Å²) in [5.74, 6) is 0.591. The lowest BCUT2D eigenvalue weighted by molar-refractivity contribution is -0.124. The van der Waals surface area contributed by atoms with E-state index in [4.69, 9.17) is 0 Å². The molecule has 1 aromatic carbocycles. The molecule has 1 aromatic rings. The molecule has 1 saturated carbocycles. The maximum absolute atomic E-state index is 12.0.